The summed E-state index contributed by atoms with van der Waals surface area (Å²) in [5.74, 6) is -0.252. The topological polar surface area (TPSA) is 29.3 Å². The highest BCUT2D eigenvalue weighted by Gasteiger charge is 2.11. The Morgan fingerprint density at radius 1 is 1.27 bits per heavy atom. The van der Waals surface area contributed by atoms with Crippen LogP contribution in [0.25, 0.3) is 0 Å². The lowest BCUT2D eigenvalue weighted by Crippen LogP contribution is -2.22. The number of hydrogen-bond acceptors (Lipinski definition) is 2. The fourth-order valence-electron chi connectivity index (χ4n) is 2.08. The van der Waals surface area contributed by atoms with E-state index in [1.165, 1.54) is 38.1 Å². The fraction of sp³-hybridized carbons (Fsp3) is 0.500. The van der Waals surface area contributed by atoms with Gasteiger partial charge in [0.05, 0.1) is 0 Å². The van der Waals surface area contributed by atoms with E-state index in [-0.39, 0.29) is 5.82 Å². The predicted molar refractivity (Wildman–Crippen MR) is 60.2 cm³/mol. The molecule has 2 nitrogen and oxygen atoms in total. The first-order chi connectivity index (χ1) is 7.25. The molecule has 0 unspecified atom stereocenters. The van der Waals surface area contributed by atoms with E-state index in [0.29, 0.717) is 5.69 Å². The average molecular weight is 208 g/mol. The number of anilines is 1. The van der Waals surface area contributed by atoms with E-state index in [0.717, 1.165) is 18.5 Å². The normalized spacial score (nSPS) is 17.1. The van der Waals surface area contributed by atoms with Crippen molar-refractivity contribution < 1.29 is 4.39 Å². The third-order valence-electron chi connectivity index (χ3n) is 3.00. The predicted octanol–water partition coefficient (Wildman–Crippen LogP) is 2.05. The minimum atomic E-state index is -0.252. The minimum Gasteiger partial charge on any atom is -0.398 e. The van der Waals surface area contributed by atoms with E-state index in [4.69, 9.17) is 5.73 Å². The second kappa shape index (κ2) is 4.62. The summed E-state index contributed by atoms with van der Waals surface area (Å²) < 4.78 is 12.8. The van der Waals surface area contributed by atoms with Gasteiger partial charge in [-0.05, 0) is 50.0 Å². The van der Waals surface area contributed by atoms with Crippen molar-refractivity contribution in [2.45, 2.75) is 19.3 Å². The third kappa shape index (κ3) is 2.69. The molecule has 1 aromatic rings. The molecular formula is C12H17FN2. The molecule has 0 radical (unpaired) electrons. The molecule has 82 valence electrons. The second-order valence-electron chi connectivity index (χ2n) is 4.14. The van der Waals surface area contributed by atoms with Crippen molar-refractivity contribution >= 4 is 5.69 Å². The summed E-state index contributed by atoms with van der Waals surface area (Å²) in [6, 6.07) is 4.68. The summed E-state index contributed by atoms with van der Waals surface area (Å²) in [5, 5.41) is 0. The van der Waals surface area contributed by atoms with Crippen LogP contribution >= 0.6 is 0 Å². The summed E-state index contributed by atoms with van der Waals surface area (Å²) in [7, 11) is 0. The monoisotopic (exact) mass is 208 g/mol. The molecule has 1 aromatic carbocycles. The molecule has 1 aliphatic heterocycles. The number of nitrogens with two attached hydrogens (primary N) is 1. The van der Waals surface area contributed by atoms with Crippen molar-refractivity contribution in [3.05, 3.63) is 29.6 Å². The fourth-order valence-corrected chi connectivity index (χ4v) is 2.08. The Kier molecular flexibility index (Phi) is 3.21. The van der Waals surface area contributed by atoms with Gasteiger partial charge in [0.2, 0.25) is 0 Å². The second-order valence-corrected chi connectivity index (χ2v) is 4.14. The SMILES string of the molecule is Nc1cc(F)ccc1CCN1CCCC1. The van der Waals surface area contributed by atoms with Crippen LogP contribution in [0.2, 0.25) is 0 Å². The van der Waals surface area contributed by atoms with Crippen molar-refractivity contribution in [1.82, 2.24) is 4.90 Å². The van der Waals surface area contributed by atoms with Crippen LogP contribution < -0.4 is 5.73 Å². The summed E-state index contributed by atoms with van der Waals surface area (Å²) in [4.78, 5) is 2.43. The number of nitrogens with zero attached hydrogens (tertiary/aromatic N) is 1. The zero-order valence-corrected chi connectivity index (χ0v) is 8.88. The van der Waals surface area contributed by atoms with Crippen LogP contribution in [-0.4, -0.2) is 24.5 Å². The number of benzene rings is 1. The highest BCUT2D eigenvalue weighted by molar-refractivity contribution is 5.46. The Labute approximate surface area is 89.9 Å². The summed E-state index contributed by atoms with van der Waals surface area (Å²) in [6.45, 7) is 3.43. The summed E-state index contributed by atoms with van der Waals surface area (Å²) in [5.41, 5.74) is 7.38. The lowest BCUT2D eigenvalue weighted by atomic mass is 10.1. The molecule has 3 heteroatoms. The largest absolute Gasteiger partial charge is 0.398 e. The van der Waals surface area contributed by atoms with Crippen LogP contribution in [-0.2, 0) is 6.42 Å². The van der Waals surface area contributed by atoms with Gasteiger partial charge in [-0.15, -0.1) is 0 Å². The van der Waals surface area contributed by atoms with Crippen LogP contribution in [0.1, 0.15) is 18.4 Å². The van der Waals surface area contributed by atoms with Crippen molar-refractivity contribution in [3.63, 3.8) is 0 Å². The van der Waals surface area contributed by atoms with E-state index in [2.05, 4.69) is 4.90 Å². The maximum absolute atomic E-state index is 12.8. The number of rotatable bonds is 3. The van der Waals surface area contributed by atoms with Gasteiger partial charge < -0.3 is 10.6 Å². The zero-order valence-electron chi connectivity index (χ0n) is 8.88. The minimum absolute atomic E-state index is 0.252. The molecule has 0 aromatic heterocycles. The van der Waals surface area contributed by atoms with Gasteiger partial charge in [-0.1, -0.05) is 6.07 Å². The van der Waals surface area contributed by atoms with Gasteiger partial charge in [0.15, 0.2) is 0 Å². The highest BCUT2D eigenvalue weighted by atomic mass is 19.1. The molecule has 1 aliphatic rings. The van der Waals surface area contributed by atoms with Gasteiger partial charge in [-0.3, -0.25) is 0 Å². The van der Waals surface area contributed by atoms with Gasteiger partial charge in [0.25, 0.3) is 0 Å². The molecule has 1 saturated heterocycles. The summed E-state index contributed by atoms with van der Waals surface area (Å²) in [6.07, 6.45) is 3.53. The van der Waals surface area contributed by atoms with E-state index >= 15 is 0 Å². The smallest absolute Gasteiger partial charge is 0.125 e. The standard InChI is InChI=1S/C12H17FN2/c13-11-4-3-10(12(14)9-11)5-8-15-6-1-2-7-15/h3-4,9H,1-2,5-8,14H2. The van der Waals surface area contributed by atoms with E-state index < -0.39 is 0 Å². The molecule has 0 spiro atoms. The van der Waals surface area contributed by atoms with Gasteiger partial charge in [-0.2, -0.15) is 0 Å². The van der Waals surface area contributed by atoms with Crippen LogP contribution in [0.3, 0.4) is 0 Å². The molecule has 1 heterocycles. The highest BCUT2D eigenvalue weighted by Crippen LogP contribution is 2.15. The number of hydrogen-bond donors (Lipinski definition) is 1. The number of nitrogen functional groups attached to an aromatic ring is 1. The van der Waals surface area contributed by atoms with Gasteiger partial charge in [-0.25, -0.2) is 4.39 Å². The first-order valence-electron chi connectivity index (χ1n) is 5.52. The molecule has 0 bridgehead atoms. The molecule has 1 fully saturated rings. The molecular weight excluding hydrogens is 191 g/mol. The maximum Gasteiger partial charge on any atom is 0.125 e. The lowest BCUT2D eigenvalue weighted by molar-refractivity contribution is 0.343. The molecule has 0 atom stereocenters. The quantitative estimate of drug-likeness (QED) is 0.770. The van der Waals surface area contributed by atoms with Gasteiger partial charge >= 0.3 is 0 Å². The van der Waals surface area contributed by atoms with Crippen molar-refractivity contribution in [2.24, 2.45) is 0 Å². The van der Waals surface area contributed by atoms with E-state index in [1.807, 2.05) is 0 Å². The summed E-state index contributed by atoms with van der Waals surface area (Å²) >= 11 is 0. The van der Waals surface area contributed by atoms with Crippen LogP contribution in [0.15, 0.2) is 18.2 Å². The van der Waals surface area contributed by atoms with Crippen molar-refractivity contribution in [3.8, 4) is 0 Å². The van der Waals surface area contributed by atoms with Gasteiger partial charge in [0.1, 0.15) is 5.82 Å². The Morgan fingerprint density at radius 2 is 2.00 bits per heavy atom. The Bertz CT molecular complexity index is 332. The molecule has 0 amide bonds. The number of halogens is 1. The molecule has 0 aliphatic carbocycles. The molecule has 15 heavy (non-hydrogen) atoms. The Hall–Kier alpha value is -1.09. The van der Waals surface area contributed by atoms with Crippen LogP contribution in [0.5, 0.6) is 0 Å². The number of likely N-dealkylation sites (tertiary alicyclic amines) is 1. The van der Waals surface area contributed by atoms with Crippen LogP contribution in [0, 0.1) is 5.82 Å². The molecule has 2 N–H and O–H groups in total. The first kappa shape index (κ1) is 10.4. The van der Waals surface area contributed by atoms with Crippen molar-refractivity contribution in [2.75, 3.05) is 25.4 Å². The van der Waals surface area contributed by atoms with E-state index in [9.17, 15) is 4.39 Å². The van der Waals surface area contributed by atoms with Crippen molar-refractivity contribution in [1.29, 1.82) is 0 Å². The first-order valence-corrected chi connectivity index (χ1v) is 5.52. The Morgan fingerprint density at radius 3 is 2.67 bits per heavy atom. The van der Waals surface area contributed by atoms with Crippen LogP contribution in [0.4, 0.5) is 10.1 Å². The lowest BCUT2D eigenvalue weighted by Gasteiger charge is -2.14. The third-order valence-corrected chi connectivity index (χ3v) is 3.00. The van der Waals surface area contributed by atoms with Gasteiger partial charge in [0, 0.05) is 12.2 Å². The molecule has 2 rings (SSSR count). The molecule has 0 saturated carbocycles. The Balaban J connectivity index is 1.92. The van der Waals surface area contributed by atoms with E-state index in [1.54, 1.807) is 6.07 Å². The zero-order chi connectivity index (χ0) is 10.7. The maximum atomic E-state index is 12.8. The average Bonchev–Trinajstić information content (AvgIpc) is 2.69.